The van der Waals surface area contributed by atoms with Crippen molar-refractivity contribution < 1.29 is 0 Å². The molecule has 1 unspecified atom stereocenters. The van der Waals surface area contributed by atoms with Gasteiger partial charge in [0.15, 0.2) is 0 Å². The predicted molar refractivity (Wildman–Crippen MR) is 59.7 cm³/mol. The molecular formula is C11H18N4. The van der Waals surface area contributed by atoms with Crippen molar-refractivity contribution in [2.45, 2.75) is 34.1 Å². The van der Waals surface area contributed by atoms with E-state index in [1.807, 2.05) is 13.8 Å². The molecule has 0 aromatic carbocycles. The monoisotopic (exact) mass is 206 g/mol. The second-order valence-corrected chi connectivity index (χ2v) is 5.08. The van der Waals surface area contributed by atoms with E-state index in [2.05, 4.69) is 34.3 Å². The van der Waals surface area contributed by atoms with Crippen molar-refractivity contribution in [3.05, 3.63) is 11.4 Å². The van der Waals surface area contributed by atoms with Gasteiger partial charge in [0.25, 0.3) is 0 Å². The van der Waals surface area contributed by atoms with E-state index in [9.17, 15) is 0 Å². The van der Waals surface area contributed by atoms with E-state index in [1.165, 1.54) is 6.42 Å². The highest BCUT2D eigenvalue weighted by molar-refractivity contribution is 5.25. The summed E-state index contributed by atoms with van der Waals surface area (Å²) in [6, 6.07) is 0. The van der Waals surface area contributed by atoms with Crippen LogP contribution in [0.1, 0.15) is 31.7 Å². The molecule has 1 aromatic rings. The minimum atomic E-state index is 0.500. The summed E-state index contributed by atoms with van der Waals surface area (Å²) in [7, 11) is 0. The van der Waals surface area contributed by atoms with Crippen LogP contribution in [0, 0.1) is 25.2 Å². The van der Waals surface area contributed by atoms with Crippen LogP contribution in [0.4, 0.5) is 5.95 Å². The summed E-state index contributed by atoms with van der Waals surface area (Å²) in [5.41, 5.74) is 2.34. The smallest absolute Gasteiger partial charge is 0.242 e. The molecule has 1 N–H and O–H groups in total. The molecule has 1 saturated carbocycles. The van der Waals surface area contributed by atoms with E-state index >= 15 is 0 Å². The van der Waals surface area contributed by atoms with Crippen molar-refractivity contribution in [2.24, 2.45) is 11.3 Å². The molecule has 1 fully saturated rings. The summed E-state index contributed by atoms with van der Waals surface area (Å²) >= 11 is 0. The molecule has 1 aliphatic rings. The topological polar surface area (TPSA) is 50.7 Å². The van der Waals surface area contributed by atoms with Crippen LogP contribution in [0.2, 0.25) is 0 Å². The standard InChI is InChI=1S/C11H18N4/c1-7-8(2)14-15-10(13-7)12-6-9-5-11(9,3)4/h9H,5-6H2,1-4H3,(H,12,13,15). The van der Waals surface area contributed by atoms with Crippen molar-refractivity contribution >= 4 is 5.95 Å². The van der Waals surface area contributed by atoms with Gasteiger partial charge in [-0.3, -0.25) is 0 Å². The Labute approximate surface area is 90.5 Å². The first-order valence-corrected chi connectivity index (χ1v) is 5.41. The fourth-order valence-electron chi connectivity index (χ4n) is 1.67. The van der Waals surface area contributed by atoms with Gasteiger partial charge in [-0.05, 0) is 31.6 Å². The van der Waals surface area contributed by atoms with E-state index in [4.69, 9.17) is 0 Å². The molecule has 1 aliphatic carbocycles. The highest BCUT2D eigenvalue weighted by Crippen LogP contribution is 2.51. The second-order valence-electron chi connectivity index (χ2n) is 5.08. The van der Waals surface area contributed by atoms with Crippen LogP contribution in [0.15, 0.2) is 0 Å². The number of rotatable bonds is 3. The average Bonchev–Trinajstić information content (AvgIpc) is 2.77. The van der Waals surface area contributed by atoms with Gasteiger partial charge in [-0.25, -0.2) is 4.98 Å². The molecule has 2 rings (SSSR count). The quantitative estimate of drug-likeness (QED) is 0.821. The Hall–Kier alpha value is -1.19. The maximum Gasteiger partial charge on any atom is 0.242 e. The van der Waals surface area contributed by atoms with Crippen molar-refractivity contribution in [1.82, 2.24) is 15.2 Å². The van der Waals surface area contributed by atoms with Crippen LogP contribution in [-0.4, -0.2) is 21.7 Å². The van der Waals surface area contributed by atoms with Crippen molar-refractivity contribution in [3.8, 4) is 0 Å². The Bertz CT molecular complexity index is 373. The number of hydrogen-bond donors (Lipinski definition) is 1. The van der Waals surface area contributed by atoms with E-state index in [0.29, 0.717) is 11.4 Å². The summed E-state index contributed by atoms with van der Waals surface area (Å²) in [5, 5.41) is 11.3. The van der Waals surface area contributed by atoms with Gasteiger partial charge in [-0.15, -0.1) is 5.10 Å². The summed E-state index contributed by atoms with van der Waals surface area (Å²) in [5.74, 6) is 1.41. The zero-order chi connectivity index (χ0) is 11.1. The maximum atomic E-state index is 4.34. The van der Waals surface area contributed by atoms with Crippen LogP contribution in [0.25, 0.3) is 0 Å². The molecule has 0 amide bonds. The van der Waals surface area contributed by atoms with Crippen LogP contribution < -0.4 is 5.32 Å². The highest BCUT2D eigenvalue weighted by Gasteiger charge is 2.45. The molecule has 1 atom stereocenters. The van der Waals surface area contributed by atoms with E-state index < -0.39 is 0 Å². The van der Waals surface area contributed by atoms with Gasteiger partial charge < -0.3 is 5.32 Å². The predicted octanol–water partition coefficient (Wildman–Crippen LogP) is 1.95. The average molecular weight is 206 g/mol. The SMILES string of the molecule is Cc1nnc(NCC2CC2(C)C)nc1C. The van der Waals surface area contributed by atoms with Crippen LogP contribution in [0.5, 0.6) is 0 Å². The summed E-state index contributed by atoms with van der Waals surface area (Å²) in [6.07, 6.45) is 1.29. The number of aromatic nitrogens is 3. The van der Waals surface area contributed by atoms with Crippen LogP contribution in [0.3, 0.4) is 0 Å². The molecule has 0 spiro atoms. The van der Waals surface area contributed by atoms with Crippen molar-refractivity contribution in [2.75, 3.05) is 11.9 Å². The van der Waals surface area contributed by atoms with Gasteiger partial charge in [0.05, 0.1) is 11.4 Å². The summed E-state index contributed by atoms with van der Waals surface area (Å²) < 4.78 is 0. The third-order valence-corrected chi connectivity index (χ3v) is 3.32. The minimum absolute atomic E-state index is 0.500. The molecule has 0 radical (unpaired) electrons. The van der Waals surface area contributed by atoms with Gasteiger partial charge >= 0.3 is 0 Å². The molecule has 82 valence electrons. The number of nitrogens with one attached hydrogen (secondary N) is 1. The Morgan fingerprint density at radius 1 is 1.27 bits per heavy atom. The molecule has 15 heavy (non-hydrogen) atoms. The lowest BCUT2D eigenvalue weighted by atomic mass is 10.1. The third-order valence-electron chi connectivity index (χ3n) is 3.32. The zero-order valence-electron chi connectivity index (χ0n) is 9.83. The molecule has 4 heteroatoms. The molecular weight excluding hydrogens is 188 g/mol. The first kappa shape index (κ1) is 10.3. The number of hydrogen-bond acceptors (Lipinski definition) is 4. The van der Waals surface area contributed by atoms with Crippen molar-refractivity contribution in [3.63, 3.8) is 0 Å². The molecule has 4 nitrogen and oxygen atoms in total. The summed E-state index contributed by atoms with van der Waals surface area (Å²) in [6.45, 7) is 9.41. The maximum absolute atomic E-state index is 4.34. The molecule has 1 heterocycles. The lowest BCUT2D eigenvalue weighted by Crippen LogP contribution is -2.11. The Morgan fingerprint density at radius 2 is 1.93 bits per heavy atom. The molecule has 0 aliphatic heterocycles. The minimum Gasteiger partial charge on any atom is -0.353 e. The Morgan fingerprint density at radius 3 is 2.47 bits per heavy atom. The van der Waals surface area contributed by atoms with E-state index in [1.54, 1.807) is 0 Å². The van der Waals surface area contributed by atoms with Gasteiger partial charge in [0.2, 0.25) is 5.95 Å². The van der Waals surface area contributed by atoms with Gasteiger partial charge in [-0.2, -0.15) is 5.10 Å². The Balaban J connectivity index is 1.92. The highest BCUT2D eigenvalue weighted by atomic mass is 15.2. The van der Waals surface area contributed by atoms with E-state index in [-0.39, 0.29) is 0 Å². The third kappa shape index (κ3) is 2.25. The normalized spacial score (nSPS) is 22.5. The fraction of sp³-hybridized carbons (Fsp3) is 0.727. The lowest BCUT2D eigenvalue weighted by molar-refractivity contribution is 0.572. The number of aryl methyl sites for hydroxylation is 2. The number of nitrogens with zero attached hydrogens (tertiary/aromatic N) is 3. The van der Waals surface area contributed by atoms with Crippen LogP contribution in [-0.2, 0) is 0 Å². The Kier molecular flexibility index (Phi) is 2.37. The zero-order valence-corrected chi connectivity index (χ0v) is 9.83. The molecule has 0 bridgehead atoms. The first-order valence-electron chi connectivity index (χ1n) is 5.41. The molecule has 1 aromatic heterocycles. The van der Waals surface area contributed by atoms with Gasteiger partial charge in [0.1, 0.15) is 0 Å². The fourth-order valence-corrected chi connectivity index (χ4v) is 1.67. The lowest BCUT2D eigenvalue weighted by Gasteiger charge is -2.06. The van der Waals surface area contributed by atoms with Crippen molar-refractivity contribution in [1.29, 1.82) is 0 Å². The van der Waals surface area contributed by atoms with E-state index in [0.717, 1.165) is 23.9 Å². The summed E-state index contributed by atoms with van der Waals surface area (Å²) in [4.78, 5) is 4.34. The molecule has 0 saturated heterocycles. The second kappa shape index (κ2) is 3.43. The number of anilines is 1. The first-order chi connectivity index (χ1) is 6.99. The van der Waals surface area contributed by atoms with Gasteiger partial charge in [-0.1, -0.05) is 13.8 Å². The largest absolute Gasteiger partial charge is 0.353 e. The van der Waals surface area contributed by atoms with Crippen LogP contribution >= 0.6 is 0 Å². The van der Waals surface area contributed by atoms with Gasteiger partial charge in [0, 0.05) is 6.54 Å².